The van der Waals surface area contributed by atoms with E-state index in [4.69, 9.17) is 4.52 Å². The molecule has 0 spiro atoms. The average molecular weight is 344 g/mol. The summed E-state index contributed by atoms with van der Waals surface area (Å²) in [6.45, 7) is 0.367. The van der Waals surface area contributed by atoms with Crippen molar-refractivity contribution in [3.63, 3.8) is 0 Å². The molecule has 0 aromatic carbocycles. The number of nitrogens with zero attached hydrogens (tertiary/aromatic N) is 3. The molecule has 0 saturated heterocycles. The zero-order valence-corrected chi connectivity index (χ0v) is 12.1. The molecule has 3 aromatic heterocycles. The predicted octanol–water partition coefficient (Wildman–Crippen LogP) is 2.83. The molecular weight excluding hydrogens is 338 g/mol. The molecule has 0 fully saturated rings. The Morgan fingerprint density at radius 3 is 3.06 bits per heavy atom. The molecule has 18 heavy (non-hydrogen) atoms. The maximum atomic E-state index is 11.6. The summed E-state index contributed by atoms with van der Waals surface area (Å²) >= 11 is 6.33. The van der Waals surface area contributed by atoms with Crippen molar-refractivity contribution in [3.05, 3.63) is 43.1 Å². The van der Waals surface area contributed by atoms with Crippen LogP contribution in [0.3, 0.4) is 0 Å². The first-order valence-electron chi connectivity index (χ1n) is 4.94. The first-order valence-corrected chi connectivity index (χ1v) is 7.43. The molecule has 0 bridgehead atoms. The molecule has 0 atom stereocenters. The molecule has 5 nitrogen and oxygen atoms in total. The van der Waals surface area contributed by atoms with E-state index in [1.165, 1.54) is 27.2 Å². The summed E-state index contributed by atoms with van der Waals surface area (Å²) in [5, 5.41) is 6.57. The Morgan fingerprint density at radius 1 is 1.50 bits per heavy atom. The Morgan fingerprint density at radius 2 is 2.39 bits per heavy atom. The monoisotopic (exact) mass is 343 g/mol. The van der Waals surface area contributed by atoms with Gasteiger partial charge in [0.25, 0.3) is 0 Å². The number of aromatic nitrogens is 3. The molecule has 0 unspecified atom stereocenters. The minimum absolute atomic E-state index is 0.367. The average Bonchev–Trinajstić information content (AvgIpc) is 3.03. The zero-order chi connectivity index (χ0) is 12.5. The van der Waals surface area contributed by atoms with Crippen molar-refractivity contribution >= 4 is 38.6 Å². The van der Waals surface area contributed by atoms with Gasteiger partial charge < -0.3 is 0 Å². The fourth-order valence-electron chi connectivity index (χ4n) is 1.49. The summed E-state index contributed by atoms with van der Waals surface area (Å²) in [5.74, 6) is 0.0750. The molecule has 92 valence electrons. The number of hydrogen-bond donors (Lipinski definition) is 0. The van der Waals surface area contributed by atoms with E-state index in [0.29, 0.717) is 12.4 Å². The second kappa shape index (κ2) is 4.79. The predicted molar refractivity (Wildman–Crippen MR) is 73.0 cm³/mol. The van der Waals surface area contributed by atoms with E-state index in [1.807, 2.05) is 17.5 Å². The normalized spacial score (nSPS) is 10.9. The van der Waals surface area contributed by atoms with E-state index in [-0.39, 0.29) is 0 Å². The van der Waals surface area contributed by atoms with Gasteiger partial charge in [0, 0.05) is 0 Å². The lowest BCUT2D eigenvalue weighted by Crippen LogP contribution is -2.15. The minimum Gasteiger partial charge on any atom is -0.295 e. The van der Waals surface area contributed by atoms with Gasteiger partial charge in [-0.3, -0.25) is 4.52 Å². The highest BCUT2D eigenvalue weighted by Crippen LogP contribution is 2.24. The van der Waals surface area contributed by atoms with Gasteiger partial charge in [-0.15, -0.1) is 22.7 Å². The van der Waals surface area contributed by atoms with E-state index >= 15 is 0 Å². The van der Waals surface area contributed by atoms with Gasteiger partial charge in [-0.2, -0.15) is 0 Å². The Balaban J connectivity index is 2.01. The minimum atomic E-state index is -0.468. The van der Waals surface area contributed by atoms with Crippen LogP contribution in [-0.4, -0.2) is 14.7 Å². The van der Waals surface area contributed by atoms with E-state index < -0.39 is 5.76 Å². The summed E-state index contributed by atoms with van der Waals surface area (Å²) in [6.07, 6.45) is 1.71. The summed E-state index contributed by atoms with van der Waals surface area (Å²) in [4.78, 5) is 16.7. The van der Waals surface area contributed by atoms with Crippen LogP contribution >= 0.6 is 38.6 Å². The summed E-state index contributed by atoms with van der Waals surface area (Å²) < 4.78 is 7.14. The van der Waals surface area contributed by atoms with Crippen LogP contribution in [0, 0.1) is 0 Å². The Kier molecular flexibility index (Phi) is 3.14. The van der Waals surface area contributed by atoms with Crippen molar-refractivity contribution in [2.24, 2.45) is 0 Å². The molecule has 3 heterocycles. The second-order valence-electron chi connectivity index (χ2n) is 3.39. The van der Waals surface area contributed by atoms with Crippen molar-refractivity contribution < 1.29 is 4.52 Å². The quantitative estimate of drug-likeness (QED) is 0.733. The summed E-state index contributed by atoms with van der Waals surface area (Å²) in [6, 6.07) is 3.81. The van der Waals surface area contributed by atoms with Crippen LogP contribution in [0.4, 0.5) is 0 Å². The first kappa shape index (κ1) is 11.8. The standard InChI is InChI=1S/C10H6BrN3O2S2/c11-7-4-12-8(18-7)5-14-9(13-16-10(14)15)6-2-1-3-17-6/h1-4H,5H2. The molecule has 0 aliphatic carbocycles. The van der Waals surface area contributed by atoms with Crippen molar-refractivity contribution in [2.75, 3.05) is 0 Å². The van der Waals surface area contributed by atoms with Gasteiger partial charge in [-0.1, -0.05) is 11.2 Å². The van der Waals surface area contributed by atoms with Crippen LogP contribution in [0.25, 0.3) is 10.7 Å². The molecule has 3 aromatic rings. The summed E-state index contributed by atoms with van der Waals surface area (Å²) in [5.41, 5.74) is 0. The SMILES string of the molecule is O=c1onc(-c2cccs2)n1Cc1ncc(Br)s1. The number of thiophene rings is 1. The van der Waals surface area contributed by atoms with Crippen LogP contribution in [0.15, 0.2) is 36.8 Å². The largest absolute Gasteiger partial charge is 0.442 e. The lowest BCUT2D eigenvalue weighted by Gasteiger charge is -1.99. The summed E-state index contributed by atoms with van der Waals surface area (Å²) in [7, 11) is 0. The Bertz CT molecular complexity index is 714. The van der Waals surface area contributed by atoms with Crippen LogP contribution in [0.1, 0.15) is 5.01 Å². The van der Waals surface area contributed by atoms with Gasteiger partial charge in [0.05, 0.1) is 21.4 Å². The lowest BCUT2D eigenvalue weighted by molar-refractivity contribution is 0.378. The molecular formula is C10H6BrN3O2S2. The van der Waals surface area contributed by atoms with Crippen LogP contribution in [-0.2, 0) is 6.54 Å². The van der Waals surface area contributed by atoms with E-state index in [1.54, 1.807) is 6.20 Å². The third-order valence-electron chi connectivity index (χ3n) is 2.25. The van der Waals surface area contributed by atoms with E-state index in [2.05, 4.69) is 26.1 Å². The van der Waals surface area contributed by atoms with Crippen LogP contribution in [0.2, 0.25) is 0 Å². The van der Waals surface area contributed by atoms with Crippen molar-refractivity contribution in [1.82, 2.24) is 14.7 Å². The maximum Gasteiger partial charge on any atom is 0.442 e. The van der Waals surface area contributed by atoms with E-state index in [9.17, 15) is 4.79 Å². The smallest absolute Gasteiger partial charge is 0.295 e. The van der Waals surface area contributed by atoms with Gasteiger partial charge >= 0.3 is 5.76 Å². The molecule has 0 aliphatic heterocycles. The van der Waals surface area contributed by atoms with Gasteiger partial charge in [-0.25, -0.2) is 14.3 Å². The number of thiazole rings is 1. The van der Waals surface area contributed by atoms with Gasteiger partial charge in [0.15, 0.2) is 5.82 Å². The molecule has 0 N–H and O–H groups in total. The van der Waals surface area contributed by atoms with Crippen molar-refractivity contribution in [2.45, 2.75) is 6.54 Å². The highest BCUT2D eigenvalue weighted by molar-refractivity contribution is 9.11. The highest BCUT2D eigenvalue weighted by Gasteiger charge is 2.15. The van der Waals surface area contributed by atoms with Gasteiger partial charge in [0.1, 0.15) is 5.01 Å². The number of halogens is 1. The molecule has 0 aliphatic rings. The second-order valence-corrected chi connectivity index (χ2v) is 6.84. The molecule has 3 rings (SSSR count). The Labute approximate surface area is 118 Å². The molecule has 8 heteroatoms. The Hall–Kier alpha value is -1.25. The molecule has 0 amide bonds. The van der Waals surface area contributed by atoms with Crippen molar-refractivity contribution in [1.29, 1.82) is 0 Å². The highest BCUT2D eigenvalue weighted by atomic mass is 79.9. The molecule has 0 saturated carbocycles. The van der Waals surface area contributed by atoms with Gasteiger partial charge in [-0.05, 0) is 27.4 Å². The van der Waals surface area contributed by atoms with Gasteiger partial charge in [0.2, 0.25) is 0 Å². The van der Waals surface area contributed by atoms with Crippen LogP contribution in [0.5, 0.6) is 0 Å². The number of hydrogen-bond acceptors (Lipinski definition) is 6. The van der Waals surface area contributed by atoms with E-state index in [0.717, 1.165) is 13.7 Å². The van der Waals surface area contributed by atoms with Crippen LogP contribution < -0.4 is 5.76 Å². The topological polar surface area (TPSA) is 60.9 Å². The first-order chi connectivity index (χ1) is 8.74. The maximum absolute atomic E-state index is 11.6. The molecule has 0 radical (unpaired) electrons. The fourth-order valence-corrected chi connectivity index (χ4v) is 3.49. The number of rotatable bonds is 3. The van der Waals surface area contributed by atoms with Crippen molar-refractivity contribution in [3.8, 4) is 10.7 Å². The third-order valence-corrected chi connectivity index (χ3v) is 4.57. The lowest BCUT2D eigenvalue weighted by atomic mass is 10.4. The fraction of sp³-hybridized carbons (Fsp3) is 0.100. The zero-order valence-electron chi connectivity index (χ0n) is 8.87. The third kappa shape index (κ3) is 2.18.